The van der Waals surface area contributed by atoms with E-state index in [1.165, 1.54) is 30.0 Å². The normalized spacial score (nSPS) is 25.8. The Bertz CT molecular complexity index is 137. The molecule has 0 radical (unpaired) electrons. The standard InChI is InChI=1S/C6H10N2S/c1-2-6-5(7-3-1)4-8-9-6/h7-8H,1-4H2. The van der Waals surface area contributed by atoms with Crippen molar-refractivity contribution in [2.24, 2.45) is 0 Å². The molecule has 0 unspecified atom stereocenters. The first kappa shape index (κ1) is 5.62. The molecule has 0 bridgehead atoms. The maximum atomic E-state index is 3.38. The first-order chi connectivity index (χ1) is 4.47. The van der Waals surface area contributed by atoms with Crippen LogP contribution in [0.25, 0.3) is 0 Å². The smallest absolute Gasteiger partial charge is 0.0469 e. The van der Waals surface area contributed by atoms with Crippen molar-refractivity contribution in [2.45, 2.75) is 12.8 Å². The van der Waals surface area contributed by atoms with Crippen LogP contribution < -0.4 is 10.0 Å². The summed E-state index contributed by atoms with van der Waals surface area (Å²) in [4.78, 5) is 1.53. The van der Waals surface area contributed by atoms with Crippen LogP contribution in [-0.2, 0) is 0 Å². The number of nitrogens with one attached hydrogen (secondary N) is 2. The van der Waals surface area contributed by atoms with Crippen molar-refractivity contribution < 1.29 is 0 Å². The summed E-state index contributed by atoms with van der Waals surface area (Å²) in [6, 6.07) is 0. The lowest BCUT2D eigenvalue weighted by Crippen LogP contribution is -2.21. The van der Waals surface area contributed by atoms with Gasteiger partial charge in [0.1, 0.15) is 0 Å². The first-order valence-corrected chi connectivity index (χ1v) is 4.14. The van der Waals surface area contributed by atoms with Gasteiger partial charge in [-0.05, 0) is 24.8 Å². The summed E-state index contributed by atoms with van der Waals surface area (Å²) in [6.07, 6.45) is 2.58. The Kier molecular flexibility index (Phi) is 1.39. The van der Waals surface area contributed by atoms with E-state index in [2.05, 4.69) is 10.0 Å². The molecule has 50 valence electrons. The highest BCUT2D eigenvalue weighted by atomic mass is 32.2. The lowest BCUT2D eigenvalue weighted by atomic mass is 10.2. The molecule has 2 N–H and O–H groups in total. The molecule has 0 aromatic rings. The molecular weight excluding hydrogens is 132 g/mol. The number of hydrogen-bond donors (Lipinski definition) is 2. The minimum atomic E-state index is 1.04. The van der Waals surface area contributed by atoms with E-state index in [9.17, 15) is 0 Å². The summed E-state index contributed by atoms with van der Waals surface area (Å²) < 4.78 is 3.24. The SMILES string of the molecule is C1CNC2=C(C1)SNC2. The lowest BCUT2D eigenvalue weighted by Gasteiger charge is -2.13. The molecule has 2 heterocycles. The van der Waals surface area contributed by atoms with Crippen molar-refractivity contribution in [3.05, 3.63) is 10.6 Å². The second-order valence-electron chi connectivity index (χ2n) is 2.36. The van der Waals surface area contributed by atoms with E-state index in [0.29, 0.717) is 0 Å². The quantitative estimate of drug-likeness (QED) is 0.490. The molecule has 0 spiro atoms. The minimum absolute atomic E-state index is 1.04. The summed E-state index contributed by atoms with van der Waals surface area (Å²) in [6.45, 7) is 2.21. The molecule has 0 aromatic heterocycles. The van der Waals surface area contributed by atoms with Crippen molar-refractivity contribution in [1.82, 2.24) is 10.0 Å². The van der Waals surface area contributed by atoms with Gasteiger partial charge in [0.15, 0.2) is 0 Å². The molecule has 2 aliphatic heterocycles. The highest BCUT2D eigenvalue weighted by molar-refractivity contribution is 8.01. The van der Waals surface area contributed by atoms with Crippen LogP contribution in [0.5, 0.6) is 0 Å². The molecule has 0 aliphatic carbocycles. The van der Waals surface area contributed by atoms with Crippen LogP contribution >= 0.6 is 11.9 Å². The Labute approximate surface area is 59.2 Å². The maximum absolute atomic E-state index is 3.38. The molecular formula is C6H10N2S. The molecule has 2 aliphatic rings. The van der Waals surface area contributed by atoms with Gasteiger partial charge in [-0.2, -0.15) is 0 Å². The molecule has 2 rings (SSSR count). The Morgan fingerprint density at radius 1 is 1.44 bits per heavy atom. The topological polar surface area (TPSA) is 24.1 Å². The first-order valence-electron chi connectivity index (χ1n) is 3.32. The van der Waals surface area contributed by atoms with E-state index in [0.717, 1.165) is 6.54 Å². The van der Waals surface area contributed by atoms with E-state index < -0.39 is 0 Å². The van der Waals surface area contributed by atoms with E-state index in [1.54, 1.807) is 11.9 Å². The zero-order valence-corrected chi connectivity index (χ0v) is 6.05. The molecule has 0 saturated heterocycles. The largest absolute Gasteiger partial charge is 0.387 e. The predicted octanol–water partition coefficient (Wildman–Crippen LogP) is 0.833. The van der Waals surface area contributed by atoms with Crippen LogP contribution in [0.15, 0.2) is 10.6 Å². The third-order valence-corrected chi connectivity index (χ3v) is 2.69. The van der Waals surface area contributed by atoms with Crippen LogP contribution in [0.1, 0.15) is 12.8 Å². The van der Waals surface area contributed by atoms with E-state index in [-0.39, 0.29) is 0 Å². The van der Waals surface area contributed by atoms with Gasteiger partial charge in [0.25, 0.3) is 0 Å². The molecule has 0 amide bonds. The van der Waals surface area contributed by atoms with Gasteiger partial charge in [-0.25, -0.2) is 0 Å². The average Bonchev–Trinajstić information content (AvgIpc) is 2.33. The fourth-order valence-electron chi connectivity index (χ4n) is 1.21. The predicted molar refractivity (Wildman–Crippen MR) is 39.9 cm³/mol. The van der Waals surface area contributed by atoms with Crippen molar-refractivity contribution in [3.63, 3.8) is 0 Å². The molecule has 0 fully saturated rings. The fraction of sp³-hybridized carbons (Fsp3) is 0.667. The van der Waals surface area contributed by atoms with E-state index in [1.807, 2.05) is 0 Å². The molecule has 0 aromatic carbocycles. The minimum Gasteiger partial charge on any atom is -0.387 e. The van der Waals surface area contributed by atoms with Gasteiger partial charge >= 0.3 is 0 Å². The van der Waals surface area contributed by atoms with Crippen molar-refractivity contribution in [1.29, 1.82) is 0 Å². The highest BCUT2D eigenvalue weighted by Crippen LogP contribution is 2.28. The van der Waals surface area contributed by atoms with Crippen LogP contribution in [0.3, 0.4) is 0 Å². The van der Waals surface area contributed by atoms with Gasteiger partial charge in [0.2, 0.25) is 0 Å². The van der Waals surface area contributed by atoms with Gasteiger partial charge in [0, 0.05) is 23.7 Å². The third kappa shape index (κ3) is 0.946. The van der Waals surface area contributed by atoms with Crippen molar-refractivity contribution in [3.8, 4) is 0 Å². The summed E-state index contributed by atoms with van der Waals surface area (Å²) in [5.41, 5.74) is 1.44. The zero-order chi connectivity index (χ0) is 6.10. The summed E-state index contributed by atoms with van der Waals surface area (Å²) in [7, 11) is 0. The van der Waals surface area contributed by atoms with Crippen LogP contribution in [-0.4, -0.2) is 13.1 Å². The second kappa shape index (κ2) is 2.23. The number of allylic oxidation sites excluding steroid dienone is 1. The molecule has 0 saturated carbocycles. The molecule has 3 heteroatoms. The van der Waals surface area contributed by atoms with Crippen LogP contribution in [0.4, 0.5) is 0 Å². The van der Waals surface area contributed by atoms with Crippen molar-refractivity contribution in [2.75, 3.05) is 13.1 Å². The van der Waals surface area contributed by atoms with E-state index >= 15 is 0 Å². The molecule has 2 nitrogen and oxygen atoms in total. The Balaban J connectivity index is 2.17. The van der Waals surface area contributed by atoms with Gasteiger partial charge < -0.3 is 5.32 Å². The Morgan fingerprint density at radius 2 is 2.44 bits per heavy atom. The maximum Gasteiger partial charge on any atom is 0.0469 e. The van der Waals surface area contributed by atoms with Gasteiger partial charge in [-0.15, -0.1) is 0 Å². The second-order valence-corrected chi connectivity index (χ2v) is 3.34. The number of rotatable bonds is 0. The molecule has 0 atom stereocenters. The summed E-state index contributed by atoms with van der Waals surface area (Å²) in [5.74, 6) is 0. The van der Waals surface area contributed by atoms with Gasteiger partial charge in [-0.1, -0.05) is 0 Å². The van der Waals surface area contributed by atoms with Crippen LogP contribution in [0.2, 0.25) is 0 Å². The number of hydrogen-bond acceptors (Lipinski definition) is 3. The third-order valence-electron chi connectivity index (χ3n) is 1.70. The van der Waals surface area contributed by atoms with Gasteiger partial charge in [0.05, 0.1) is 0 Å². The Hall–Kier alpha value is -0.150. The zero-order valence-electron chi connectivity index (χ0n) is 5.24. The Morgan fingerprint density at radius 3 is 3.33 bits per heavy atom. The fourth-order valence-corrected chi connectivity index (χ4v) is 2.11. The highest BCUT2D eigenvalue weighted by Gasteiger charge is 2.16. The van der Waals surface area contributed by atoms with Crippen molar-refractivity contribution >= 4 is 11.9 Å². The lowest BCUT2D eigenvalue weighted by molar-refractivity contribution is 0.675. The molecule has 9 heavy (non-hydrogen) atoms. The summed E-state index contributed by atoms with van der Waals surface area (Å²) in [5, 5.41) is 3.38. The van der Waals surface area contributed by atoms with Crippen LogP contribution in [0, 0.1) is 0 Å². The van der Waals surface area contributed by atoms with Gasteiger partial charge in [-0.3, -0.25) is 4.72 Å². The van der Waals surface area contributed by atoms with E-state index in [4.69, 9.17) is 0 Å². The monoisotopic (exact) mass is 142 g/mol. The summed E-state index contributed by atoms with van der Waals surface area (Å²) >= 11 is 1.79. The average molecular weight is 142 g/mol.